The predicted molar refractivity (Wildman–Crippen MR) is 101 cm³/mol. The lowest BCUT2D eigenvalue weighted by atomic mass is 9.81. The van der Waals surface area contributed by atoms with E-state index in [9.17, 15) is 0 Å². The largest absolute Gasteiger partial charge is 0.0730 e. The Morgan fingerprint density at radius 2 is 1.74 bits per heavy atom. The van der Waals surface area contributed by atoms with E-state index in [1.54, 1.807) is 0 Å². The van der Waals surface area contributed by atoms with Crippen LogP contribution in [0.5, 0.6) is 0 Å². The normalized spacial score (nSPS) is 21.1. The summed E-state index contributed by atoms with van der Waals surface area (Å²) >= 11 is 0. The number of aryl methyl sites for hydroxylation is 1. The minimum Gasteiger partial charge on any atom is -0.0730 e. The third kappa shape index (κ3) is 6.66. The van der Waals surface area contributed by atoms with Crippen LogP contribution in [0.1, 0.15) is 76.3 Å². The maximum Gasteiger partial charge on any atom is 0.0249 e. The van der Waals surface area contributed by atoms with Gasteiger partial charge in [-0.1, -0.05) is 63.2 Å². The molecular weight excluding hydrogens is 276 g/mol. The quantitative estimate of drug-likeness (QED) is 0.413. The number of benzene rings is 1. The van der Waals surface area contributed by atoms with Gasteiger partial charge in [0.15, 0.2) is 0 Å². The molecule has 0 unspecified atom stereocenters. The first kappa shape index (κ1) is 17.9. The fraction of sp³-hybridized carbons (Fsp3) is 0.565. The van der Waals surface area contributed by atoms with Crippen molar-refractivity contribution in [1.29, 1.82) is 0 Å². The van der Waals surface area contributed by atoms with Crippen molar-refractivity contribution in [1.82, 2.24) is 0 Å². The highest BCUT2D eigenvalue weighted by molar-refractivity contribution is 5.38. The number of unbranched alkanes of at least 4 members (excludes halogenated alkanes) is 2. The first-order chi connectivity index (χ1) is 11.3. The van der Waals surface area contributed by atoms with E-state index in [0.29, 0.717) is 0 Å². The van der Waals surface area contributed by atoms with E-state index in [2.05, 4.69) is 62.1 Å². The van der Waals surface area contributed by atoms with Crippen LogP contribution >= 0.6 is 0 Å². The van der Waals surface area contributed by atoms with Gasteiger partial charge in [-0.25, -0.2) is 0 Å². The van der Waals surface area contributed by atoms with Crippen LogP contribution in [0.3, 0.4) is 0 Å². The number of rotatable bonds is 6. The van der Waals surface area contributed by atoms with Crippen LogP contribution in [0.4, 0.5) is 0 Å². The van der Waals surface area contributed by atoms with Gasteiger partial charge in [0.1, 0.15) is 0 Å². The zero-order chi connectivity index (χ0) is 16.3. The average Bonchev–Trinajstić information content (AvgIpc) is 2.61. The Labute approximate surface area is 143 Å². The Morgan fingerprint density at radius 3 is 2.39 bits per heavy atom. The summed E-state index contributed by atoms with van der Waals surface area (Å²) in [6.07, 6.45) is 16.4. The van der Waals surface area contributed by atoms with Crippen LogP contribution in [0.15, 0.2) is 36.4 Å². The number of hydrogen-bond donors (Lipinski definition) is 0. The molecule has 1 aromatic carbocycles. The Balaban J connectivity index is 1.77. The van der Waals surface area contributed by atoms with Gasteiger partial charge in [-0.05, 0) is 74.1 Å². The second-order valence-electron chi connectivity index (χ2n) is 6.97. The molecule has 0 saturated heterocycles. The number of hydrogen-bond acceptors (Lipinski definition) is 0. The molecule has 0 nitrogen and oxygen atoms in total. The van der Waals surface area contributed by atoms with Crippen LogP contribution in [-0.4, -0.2) is 0 Å². The molecule has 0 aliphatic heterocycles. The van der Waals surface area contributed by atoms with Gasteiger partial charge < -0.3 is 0 Å². The SMILES string of the molecule is CCCCCc1ccc(C#C/C=C/[C@H]2CC[C@H](CC)CC2)cc1. The number of allylic oxidation sites excluding steroid dienone is 2. The highest BCUT2D eigenvalue weighted by atomic mass is 14.2. The van der Waals surface area contributed by atoms with E-state index >= 15 is 0 Å². The second-order valence-corrected chi connectivity index (χ2v) is 6.97. The van der Waals surface area contributed by atoms with Gasteiger partial charge in [0.25, 0.3) is 0 Å². The van der Waals surface area contributed by atoms with Gasteiger partial charge in [-0.15, -0.1) is 0 Å². The van der Waals surface area contributed by atoms with Crippen molar-refractivity contribution in [2.75, 3.05) is 0 Å². The van der Waals surface area contributed by atoms with Crippen molar-refractivity contribution in [3.63, 3.8) is 0 Å². The third-order valence-electron chi connectivity index (χ3n) is 5.16. The van der Waals surface area contributed by atoms with Crippen molar-refractivity contribution >= 4 is 0 Å². The average molecular weight is 309 g/mol. The maximum atomic E-state index is 3.26. The molecule has 1 fully saturated rings. The van der Waals surface area contributed by atoms with Crippen molar-refractivity contribution in [2.24, 2.45) is 11.8 Å². The maximum absolute atomic E-state index is 3.26. The van der Waals surface area contributed by atoms with Crippen LogP contribution in [0.25, 0.3) is 0 Å². The van der Waals surface area contributed by atoms with E-state index in [1.165, 1.54) is 63.4 Å². The summed E-state index contributed by atoms with van der Waals surface area (Å²) in [6, 6.07) is 8.79. The lowest BCUT2D eigenvalue weighted by Gasteiger charge is -2.25. The van der Waals surface area contributed by atoms with Crippen LogP contribution in [-0.2, 0) is 6.42 Å². The van der Waals surface area contributed by atoms with Crippen LogP contribution in [0, 0.1) is 23.7 Å². The van der Waals surface area contributed by atoms with Crippen molar-refractivity contribution in [3.05, 3.63) is 47.5 Å². The molecule has 1 aromatic rings. The van der Waals surface area contributed by atoms with Crippen molar-refractivity contribution in [3.8, 4) is 11.8 Å². The molecule has 0 heteroatoms. The van der Waals surface area contributed by atoms with E-state index in [1.807, 2.05) is 0 Å². The van der Waals surface area contributed by atoms with Gasteiger partial charge in [0, 0.05) is 5.56 Å². The predicted octanol–water partition coefficient (Wildman–Crippen LogP) is 6.54. The molecular formula is C23H32. The van der Waals surface area contributed by atoms with E-state index in [0.717, 1.165) is 17.4 Å². The molecule has 0 atom stereocenters. The highest BCUT2D eigenvalue weighted by Crippen LogP contribution is 2.31. The van der Waals surface area contributed by atoms with Crippen LogP contribution in [0.2, 0.25) is 0 Å². The molecule has 0 radical (unpaired) electrons. The smallest absolute Gasteiger partial charge is 0.0249 e. The molecule has 124 valence electrons. The standard InChI is InChI=1S/C23H32/c1-3-5-6-9-21-16-18-23(19-17-21)11-8-7-10-22-14-12-20(4-2)13-15-22/h7,10,16-20,22H,3-6,9,12-15H2,1-2H3/b10-7+/t20-,22-. The van der Waals surface area contributed by atoms with Gasteiger partial charge >= 0.3 is 0 Å². The minimum atomic E-state index is 0.757. The lowest BCUT2D eigenvalue weighted by molar-refractivity contribution is 0.304. The van der Waals surface area contributed by atoms with E-state index in [4.69, 9.17) is 0 Å². The zero-order valence-electron chi connectivity index (χ0n) is 15.0. The Hall–Kier alpha value is -1.48. The van der Waals surface area contributed by atoms with Gasteiger partial charge in [0.2, 0.25) is 0 Å². The molecule has 0 spiro atoms. The first-order valence-electron chi connectivity index (χ1n) is 9.59. The molecule has 0 bridgehead atoms. The molecule has 0 aromatic heterocycles. The molecule has 1 saturated carbocycles. The summed E-state index contributed by atoms with van der Waals surface area (Å²) in [5.74, 6) is 8.21. The zero-order valence-corrected chi connectivity index (χ0v) is 15.0. The second kappa shape index (κ2) is 10.3. The Kier molecular flexibility index (Phi) is 8.02. The highest BCUT2D eigenvalue weighted by Gasteiger charge is 2.17. The molecule has 0 amide bonds. The Bertz CT molecular complexity index is 515. The van der Waals surface area contributed by atoms with Gasteiger partial charge in [0.05, 0.1) is 0 Å². The topological polar surface area (TPSA) is 0 Å². The fourth-order valence-electron chi connectivity index (χ4n) is 3.43. The van der Waals surface area contributed by atoms with Crippen molar-refractivity contribution < 1.29 is 0 Å². The molecule has 1 aliphatic rings. The molecule has 1 aliphatic carbocycles. The van der Waals surface area contributed by atoms with Crippen molar-refractivity contribution in [2.45, 2.75) is 71.6 Å². The van der Waals surface area contributed by atoms with Crippen LogP contribution < -0.4 is 0 Å². The fourth-order valence-corrected chi connectivity index (χ4v) is 3.43. The molecule has 2 rings (SSSR count). The molecule has 0 N–H and O–H groups in total. The summed E-state index contributed by atoms with van der Waals surface area (Å²) in [4.78, 5) is 0. The molecule has 23 heavy (non-hydrogen) atoms. The minimum absolute atomic E-state index is 0.757. The summed E-state index contributed by atoms with van der Waals surface area (Å²) < 4.78 is 0. The summed E-state index contributed by atoms with van der Waals surface area (Å²) in [5, 5.41) is 0. The summed E-state index contributed by atoms with van der Waals surface area (Å²) in [7, 11) is 0. The summed E-state index contributed by atoms with van der Waals surface area (Å²) in [5.41, 5.74) is 2.57. The summed E-state index contributed by atoms with van der Waals surface area (Å²) in [6.45, 7) is 4.57. The first-order valence-corrected chi connectivity index (χ1v) is 9.59. The molecule has 0 heterocycles. The third-order valence-corrected chi connectivity index (χ3v) is 5.16. The van der Waals surface area contributed by atoms with E-state index < -0.39 is 0 Å². The van der Waals surface area contributed by atoms with Gasteiger partial charge in [-0.3, -0.25) is 0 Å². The monoisotopic (exact) mass is 308 g/mol. The van der Waals surface area contributed by atoms with Gasteiger partial charge in [-0.2, -0.15) is 0 Å². The lowest BCUT2D eigenvalue weighted by Crippen LogP contribution is -2.11. The van der Waals surface area contributed by atoms with E-state index in [-0.39, 0.29) is 0 Å². The Morgan fingerprint density at radius 1 is 1.00 bits per heavy atom.